The van der Waals surface area contributed by atoms with Crippen LogP contribution in [0.4, 0.5) is 8.63 Å². The molecule has 0 saturated carbocycles. The normalized spacial score (nSPS) is 9.29. The molecule has 2 rings (SSSR count). The smallest absolute Gasteiger partial charge is 0.395 e. The second-order valence-corrected chi connectivity index (χ2v) is 4.03. The van der Waals surface area contributed by atoms with E-state index in [0.29, 0.717) is 11.1 Å². The van der Waals surface area contributed by atoms with Crippen molar-refractivity contribution in [3.05, 3.63) is 71.8 Å². The molecule has 0 radical (unpaired) electrons. The molecule has 0 spiro atoms. The molecule has 0 aromatic heterocycles. The molecule has 1 N–H and O–H groups in total. The summed E-state index contributed by atoms with van der Waals surface area (Å²) in [5, 5.41) is 6.72. The number of benzene rings is 2. The van der Waals surface area contributed by atoms with E-state index in [1.165, 1.54) is 0 Å². The maximum absolute atomic E-state index is 11.8. The summed E-state index contributed by atoms with van der Waals surface area (Å²) in [6.45, 7) is 0. The third-order valence-electron chi connectivity index (χ3n) is 2.51. The summed E-state index contributed by atoms with van der Waals surface area (Å²) in [7, 11) is -3.17. The van der Waals surface area contributed by atoms with Gasteiger partial charge in [-0.25, -0.2) is 0 Å². The van der Waals surface area contributed by atoms with Gasteiger partial charge < -0.3 is 5.02 Å². The molecule has 0 atom stereocenters. The van der Waals surface area contributed by atoms with E-state index in [1.807, 2.05) is 12.1 Å². The van der Waals surface area contributed by atoms with Gasteiger partial charge in [-0.2, -0.15) is 0 Å². The Kier molecular flexibility index (Phi) is 6.97. The van der Waals surface area contributed by atoms with E-state index >= 15 is 0 Å². The molecular weight excluding hydrogens is 277 g/mol. The van der Waals surface area contributed by atoms with Crippen molar-refractivity contribution in [1.29, 1.82) is 0 Å². The molecule has 0 unspecified atom stereocenters. The predicted molar refractivity (Wildman–Crippen MR) is 76.4 cm³/mol. The molecule has 0 heterocycles. The van der Waals surface area contributed by atoms with Crippen molar-refractivity contribution in [2.24, 2.45) is 0 Å². The summed E-state index contributed by atoms with van der Waals surface area (Å²) in [6, 6.07) is 17.7. The van der Waals surface area contributed by atoms with E-state index in [2.05, 4.69) is 0 Å². The number of Topliss-reactive ketones (excluding diaryl/α,β-unsaturated/α-hetero) is 2. The van der Waals surface area contributed by atoms with Crippen LogP contribution in [0.1, 0.15) is 27.1 Å². The summed E-state index contributed by atoms with van der Waals surface area (Å²) in [5.74, 6) is -0.279. The van der Waals surface area contributed by atoms with E-state index in [-0.39, 0.29) is 18.0 Å². The zero-order chi connectivity index (χ0) is 15.7. The van der Waals surface area contributed by atoms with Crippen LogP contribution in [0.15, 0.2) is 60.7 Å². The maximum atomic E-state index is 11.8. The molecule has 108 valence electrons. The molecule has 2 aromatic rings. The van der Waals surface area contributed by atoms with Crippen molar-refractivity contribution in [3.8, 4) is 0 Å². The van der Waals surface area contributed by atoms with Gasteiger partial charge in [0.15, 0.2) is 11.6 Å². The lowest BCUT2D eigenvalue weighted by Crippen LogP contribution is -2.08. The van der Waals surface area contributed by atoms with Crippen LogP contribution in [-0.4, -0.2) is 24.1 Å². The van der Waals surface area contributed by atoms with Crippen molar-refractivity contribution in [1.82, 2.24) is 0 Å². The third-order valence-corrected chi connectivity index (χ3v) is 2.51. The number of carbonyl (C=O) groups is 2. The number of rotatable bonds is 4. The number of hydrogen-bond donors (Lipinski definition) is 1. The Labute approximate surface area is 121 Å². The van der Waals surface area contributed by atoms with Gasteiger partial charge in [0.25, 0.3) is 0 Å². The van der Waals surface area contributed by atoms with E-state index in [1.54, 1.807) is 48.5 Å². The lowest BCUT2D eigenvalue weighted by molar-refractivity contribution is 0.0894. The van der Waals surface area contributed by atoms with E-state index < -0.39 is 7.47 Å². The van der Waals surface area contributed by atoms with Gasteiger partial charge in [0.2, 0.25) is 0 Å². The molecular formula is C15H13BF2O3. The highest BCUT2D eigenvalue weighted by molar-refractivity contribution is 6.32. The highest BCUT2D eigenvalue weighted by Gasteiger charge is 2.12. The first kappa shape index (κ1) is 16.7. The van der Waals surface area contributed by atoms with Crippen LogP contribution in [-0.2, 0) is 0 Å². The van der Waals surface area contributed by atoms with Crippen molar-refractivity contribution in [3.63, 3.8) is 0 Å². The minimum absolute atomic E-state index is 0.0754. The Hall–Kier alpha value is -2.34. The van der Waals surface area contributed by atoms with Gasteiger partial charge in [0.1, 0.15) is 0 Å². The Balaban J connectivity index is 0.000000491. The second kappa shape index (κ2) is 8.76. The molecule has 0 fully saturated rings. The molecule has 0 aliphatic rings. The number of carbonyl (C=O) groups excluding carboxylic acids is 2. The van der Waals surface area contributed by atoms with Crippen molar-refractivity contribution < 1.29 is 23.2 Å². The van der Waals surface area contributed by atoms with Gasteiger partial charge in [-0.15, -0.1) is 0 Å². The average molecular weight is 290 g/mol. The third kappa shape index (κ3) is 6.58. The highest BCUT2D eigenvalue weighted by atomic mass is 19.2. The average Bonchev–Trinajstić information content (AvgIpc) is 2.48. The largest absolute Gasteiger partial charge is 0.718 e. The topological polar surface area (TPSA) is 54.4 Å². The van der Waals surface area contributed by atoms with Gasteiger partial charge in [0.05, 0.1) is 6.42 Å². The maximum Gasteiger partial charge on any atom is 0.718 e. The monoisotopic (exact) mass is 290 g/mol. The lowest BCUT2D eigenvalue weighted by atomic mass is 10.0. The van der Waals surface area contributed by atoms with E-state index in [9.17, 15) is 18.2 Å². The quantitative estimate of drug-likeness (QED) is 0.535. The second-order valence-electron chi connectivity index (χ2n) is 4.03. The summed E-state index contributed by atoms with van der Waals surface area (Å²) in [4.78, 5) is 23.6. The molecule has 0 aliphatic carbocycles. The zero-order valence-corrected chi connectivity index (χ0v) is 11.1. The number of ketones is 2. The first-order chi connectivity index (χ1) is 10.0. The van der Waals surface area contributed by atoms with Gasteiger partial charge in [-0.1, -0.05) is 60.7 Å². The van der Waals surface area contributed by atoms with Crippen molar-refractivity contribution >= 4 is 19.0 Å². The van der Waals surface area contributed by atoms with Crippen LogP contribution in [0.2, 0.25) is 0 Å². The van der Waals surface area contributed by atoms with Gasteiger partial charge in [-0.3, -0.25) is 18.2 Å². The molecule has 0 saturated heterocycles. The first-order valence-electron chi connectivity index (χ1n) is 6.13. The zero-order valence-electron chi connectivity index (χ0n) is 11.1. The summed E-state index contributed by atoms with van der Waals surface area (Å²) >= 11 is 0. The predicted octanol–water partition coefficient (Wildman–Crippen LogP) is 3.04. The summed E-state index contributed by atoms with van der Waals surface area (Å²) in [5.41, 5.74) is 1.16. The fraction of sp³-hybridized carbons (Fsp3) is 0.0667. The molecule has 0 amide bonds. The van der Waals surface area contributed by atoms with Gasteiger partial charge in [0, 0.05) is 11.1 Å². The Morgan fingerprint density at radius 1 is 0.810 bits per heavy atom. The van der Waals surface area contributed by atoms with E-state index in [0.717, 1.165) is 0 Å². The highest BCUT2D eigenvalue weighted by Crippen LogP contribution is 2.08. The van der Waals surface area contributed by atoms with Gasteiger partial charge >= 0.3 is 7.47 Å². The van der Waals surface area contributed by atoms with Crippen LogP contribution in [0.25, 0.3) is 0 Å². The molecule has 6 heteroatoms. The molecule has 2 aromatic carbocycles. The number of hydrogen-bond acceptors (Lipinski definition) is 3. The van der Waals surface area contributed by atoms with Crippen molar-refractivity contribution in [2.75, 3.05) is 0 Å². The Bertz CT molecular complexity index is 522. The summed E-state index contributed by atoms with van der Waals surface area (Å²) < 4.78 is 19.8. The fourth-order valence-corrected chi connectivity index (χ4v) is 1.60. The van der Waals surface area contributed by atoms with Crippen LogP contribution in [0.5, 0.6) is 0 Å². The van der Waals surface area contributed by atoms with Crippen molar-refractivity contribution in [2.45, 2.75) is 6.42 Å². The minimum Gasteiger partial charge on any atom is -0.395 e. The van der Waals surface area contributed by atoms with Crippen LogP contribution >= 0.6 is 0 Å². The van der Waals surface area contributed by atoms with Crippen LogP contribution < -0.4 is 0 Å². The number of halogens is 2. The molecule has 21 heavy (non-hydrogen) atoms. The van der Waals surface area contributed by atoms with Gasteiger partial charge in [-0.05, 0) is 0 Å². The Morgan fingerprint density at radius 3 is 1.38 bits per heavy atom. The molecule has 0 aliphatic heterocycles. The lowest BCUT2D eigenvalue weighted by Gasteiger charge is -2.00. The fourth-order valence-electron chi connectivity index (χ4n) is 1.60. The standard InChI is InChI=1S/C15H12O2.BF2HO/c16-14(12-7-3-1-4-8-12)11-15(17)13-9-5-2-6-10-13;2-1(3)4/h1-10H,11H2;4H. The first-order valence-corrected chi connectivity index (χ1v) is 6.13. The minimum atomic E-state index is -3.17. The SMILES string of the molecule is O=C(CC(=O)c1ccccc1)c1ccccc1.OB(F)F. The molecule has 0 bridgehead atoms. The van der Waals surface area contributed by atoms with Crippen LogP contribution in [0, 0.1) is 0 Å². The summed E-state index contributed by atoms with van der Waals surface area (Å²) in [6.07, 6.45) is -0.0754. The Morgan fingerprint density at radius 2 is 1.10 bits per heavy atom. The van der Waals surface area contributed by atoms with E-state index in [4.69, 9.17) is 5.02 Å². The molecule has 3 nitrogen and oxygen atoms in total. The van der Waals surface area contributed by atoms with Crippen LogP contribution in [0.3, 0.4) is 0 Å².